The average Bonchev–Trinajstić information content (AvgIpc) is 2.11. The molecule has 0 aliphatic carbocycles. The minimum atomic E-state index is 0.603. The summed E-state index contributed by atoms with van der Waals surface area (Å²) in [6.45, 7) is 10.3. The lowest BCUT2D eigenvalue weighted by atomic mass is 10.0. The number of hydrogen-bond acceptors (Lipinski definition) is 2. The van der Waals surface area contributed by atoms with Crippen LogP contribution >= 0.6 is 0 Å². The molecule has 1 rings (SSSR count). The van der Waals surface area contributed by atoms with E-state index in [0.29, 0.717) is 6.04 Å². The van der Waals surface area contributed by atoms with E-state index >= 15 is 0 Å². The normalized spacial score (nSPS) is 22.2. The van der Waals surface area contributed by atoms with Crippen molar-refractivity contribution in [2.24, 2.45) is 0 Å². The van der Waals surface area contributed by atoms with Crippen molar-refractivity contribution in [3.05, 3.63) is 11.1 Å². The molecular formula is C11H22N2. The molecule has 0 saturated heterocycles. The molecule has 0 bridgehead atoms. The SMILES string of the molecule is CN[C@@H](C)CN1CCC(C)=C(C)C1. The summed E-state index contributed by atoms with van der Waals surface area (Å²) in [6, 6.07) is 0.603. The molecule has 0 aromatic heterocycles. The quantitative estimate of drug-likeness (QED) is 0.667. The van der Waals surface area contributed by atoms with Gasteiger partial charge >= 0.3 is 0 Å². The minimum absolute atomic E-state index is 0.603. The Bertz CT molecular complexity index is 196. The van der Waals surface area contributed by atoms with Crippen molar-refractivity contribution in [2.75, 3.05) is 26.7 Å². The summed E-state index contributed by atoms with van der Waals surface area (Å²) in [5.41, 5.74) is 3.16. The maximum absolute atomic E-state index is 3.28. The van der Waals surface area contributed by atoms with Crippen LogP contribution in [-0.4, -0.2) is 37.6 Å². The highest BCUT2D eigenvalue weighted by Gasteiger charge is 2.14. The van der Waals surface area contributed by atoms with Crippen molar-refractivity contribution >= 4 is 0 Å². The van der Waals surface area contributed by atoms with Crippen LogP contribution in [0.25, 0.3) is 0 Å². The van der Waals surface area contributed by atoms with E-state index in [4.69, 9.17) is 0 Å². The molecule has 1 atom stereocenters. The number of nitrogens with zero attached hydrogens (tertiary/aromatic N) is 1. The van der Waals surface area contributed by atoms with Crippen molar-refractivity contribution in [1.82, 2.24) is 10.2 Å². The Kier molecular flexibility index (Phi) is 3.94. The Balaban J connectivity index is 2.40. The molecule has 0 amide bonds. The van der Waals surface area contributed by atoms with Crippen LogP contribution in [0.15, 0.2) is 11.1 Å². The van der Waals surface area contributed by atoms with Gasteiger partial charge in [0.25, 0.3) is 0 Å². The van der Waals surface area contributed by atoms with E-state index in [2.05, 4.69) is 31.0 Å². The lowest BCUT2D eigenvalue weighted by Gasteiger charge is -2.30. The zero-order valence-electron chi connectivity index (χ0n) is 9.35. The summed E-state index contributed by atoms with van der Waals surface area (Å²) >= 11 is 0. The third kappa shape index (κ3) is 3.12. The number of nitrogens with one attached hydrogen (secondary N) is 1. The molecule has 1 aliphatic heterocycles. The van der Waals surface area contributed by atoms with Crippen molar-refractivity contribution in [1.29, 1.82) is 0 Å². The third-order valence-electron chi connectivity index (χ3n) is 3.02. The second kappa shape index (κ2) is 4.77. The topological polar surface area (TPSA) is 15.3 Å². The van der Waals surface area contributed by atoms with Crippen LogP contribution in [0.3, 0.4) is 0 Å². The summed E-state index contributed by atoms with van der Waals surface area (Å²) in [5, 5.41) is 3.28. The van der Waals surface area contributed by atoms with Crippen LogP contribution in [0, 0.1) is 0 Å². The molecule has 2 nitrogen and oxygen atoms in total. The lowest BCUT2D eigenvalue weighted by molar-refractivity contribution is 0.261. The zero-order chi connectivity index (χ0) is 9.84. The predicted molar refractivity (Wildman–Crippen MR) is 58.0 cm³/mol. The first-order valence-corrected chi connectivity index (χ1v) is 5.18. The van der Waals surface area contributed by atoms with Crippen molar-refractivity contribution < 1.29 is 0 Å². The van der Waals surface area contributed by atoms with Gasteiger partial charge in [-0.15, -0.1) is 0 Å². The molecular weight excluding hydrogens is 160 g/mol. The Morgan fingerprint density at radius 2 is 2.08 bits per heavy atom. The maximum atomic E-state index is 3.28. The monoisotopic (exact) mass is 182 g/mol. The van der Waals surface area contributed by atoms with E-state index in [0.717, 1.165) is 6.54 Å². The van der Waals surface area contributed by atoms with Crippen LogP contribution in [0.1, 0.15) is 27.2 Å². The van der Waals surface area contributed by atoms with Crippen LogP contribution in [0.4, 0.5) is 0 Å². The molecule has 0 unspecified atom stereocenters. The minimum Gasteiger partial charge on any atom is -0.316 e. The molecule has 76 valence electrons. The lowest BCUT2D eigenvalue weighted by Crippen LogP contribution is -2.40. The van der Waals surface area contributed by atoms with E-state index in [9.17, 15) is 0 Å². The van der Waals surface area contributed by atoms with Crippen LogP contribution in [0.2, 0.25) is 0 Å². The average molecular weight is 182 g/mol. The molecule has 0 aromatic carbocycles. The highest BCUT2D eigenvalue weighted by molar-refractivity contribution is 5.14. The van der Waals surface area contributed by atoms with Gasteiger partial charge in [0.05, 0.1) is 0 Å². The number of hydrogen-bond donors (Lipinski definition) is 1. The summed E-state index contributed by atoms with van der Waals surface area (Å²) in [4.78, 5) is 2.53. The molecule has 0 aromatic rings. The van der Waals surface area contributed by atoms with E-state index in [1.54, 1.807) is 11.1 Å². The Morgan fingerprint density at radius 1 is 1.38 bits per heavy atom. The summed E-state index contributed by atoms with van der Waals surface area (Å²) in [7, 11) is 2.03. The van der Waals surface area contributed by atoms with Crippen molar-refractivity contribution in [3.8, 4) is 0 Å². The molecule has 0 fully saturated rings. The standard InChI is InChI=1S/C11H22N2/c1-9-5-6-13(7-10(9)2)8-11(3)12-4/h11-12H,5-8H2,1-4H3/t11-/m0/s1. The second-order valence-corrected chi connectivity index (χ2v) is 4.24. The van der Waals surface area contributed by atoms with Gasteiger partial charge in [-0.05, 0) is 34.2 Å². The van der Waals surface area contributed by atoms with Crippen LogP contribution in [-0.2, 0) is 0 Å². The summed E-state index contributed by atoms with van der Waals surface area (Å²) in [5.74, 6) is 0. The van der Waals surface area contributed by atoms with Gasteiger partial charge in [-0.1, -0.05) is 11.1 Å². The fourth-order valence-electron chi connectivity index (χ4n) is 1.72. The molecule has 0 spiro atoms. The smallest absolute Gasteiger partial charge is 0.0193 e. The van der Waals surface area contributed by atoms with Crippen molar-refractivity contribution in [2.45, 2.75) is 33.2 Å². The molecule has 1 aliphatic rings. The number of rotatable bonds is 3. The van der Waals surface area contributed by atoms with E-state index in [1.807, 2.05) is 7.05 Å². The maximum Gasteiger partial charge on any atom is 0.0193 e. The van der Waals surface area contributed by atoms with Crippen LogP contribution < -0.4 is 5.32 Å². The second-order valence-electron chi connectivity index (χ2n) is 4.24. The van der Waals surface area contributed by atoms with E-state index < -0.39 is 0 Å². The van der Waals surface area contributed by atoms with E-state index in [1.165, 1.54) is 19.5 Å². The predicted octanol–water partition coefficient (Wildman–Crippen LogP) is 1.64. The molecule has 0 radical (unpaired) electrons. The fraction of sp³-hybridized carbons (Fsp3) is 0.818. The largest absolute Gasteiger partial charge is 0.316 e. The molecule has 1 heterocycles. The van der Waals surface area contributed by atoms with Crippen LogP contribution in [0.5, 0.6) is 0 Å². The molecule has 1 N–H and O–H groups in total. The first-order valence-electron chi connectivity index (χ1n) is 5.18. The van der Waals surface area contributed by atoms with Gasteiger partial charge in [0.15, 0.2) is 0 Å². The highest BCUT2D eigenvalue weighted by Crippen LogP contribution is 2.16. The number of likely N-dealkylation sites (N-methyl/N-ethyl adjacent to an activating group) is 1. The molecule has 0 saturated carbocycles. The van der Waals surface area contributed by atoms with Gasteiger partial charge < -0.3 is 5.32 Å². The van der Waals surface area contributed by atoms with Gasteiger partial charge in [0, 0.05) is 25.7 Å². The van der Waals surface area contributed by atoms with Gasteiger partial charge in [-0.25, -0.2) is 0 Å². The van der Waals surface area contributed by atoms with Crippen molar-refractivity contribution in [3.63, 3.8) is 0 Å². The first-order chi connectivity index (χ1) is 6.13. The molecule has 13 heavy (non-hydrogen) atoms. The summed E-state index contributed by atoms with van der Waals surface area (Å²) in [6.07, 6.45) is 1.25. The van der Waals surface area contributed by atoms with Gasteiger partial charge in [-0.3, -0.25) is 4.90 Å². The summed E-state index contributed by atoms with van der Waals surface area (Å²) < 4.78 is 0. The Labute approximate surface area is 82.0 Å². The highest BCUT2D eigenvalue weighted by atomic mass is 15.1. The van der Waals surface area contributed by atoms with Gasteiger partial charge in [0.2, 0.25) is 0 Å². The first kappa shape index (κ1) is 10.7. The zero-order valence-corrected chi connectivity index (χ0v) is 9.35. The van der Waals surface area contributed by atoms with Gasteiger partial charge in [0.1, 0.15) is 0 Å². The third-order valence-corrected chi connectivity index (χ3v) is 3.02. The van der Waals surface area contributed by atoms with Gasteiger partial charge in [-0.2, -0.15) is 0 Å². The fourth-order valence-corrected chi connectivity index (χ4v) is 1.72. The Morgan fingerprint density at radius 3 is 2.62 bits per heavy atom. The van der Waals surface area contributed by atoms with E-state index in [-0.39, 0.29) is 0 Å². The molecule has 2 heteroatoms. The Hall–Kier alpha value is -0.340.